The summed E-state index contributed by atoms with van der Waals surface area (Å²) in [7, 11) is 1.54. The number of hydrogen-bond donors (Lipinski definition) is 3. The van der Waals surface area contributed by atoms with E-state index in [1.807, 2.05) is 0 Å². The molecule has 3 amide bonds. The minimum Gasteiger partial charge on any atom is -0.380 e. The Hall–Kier alpha value is -1.90. The predicted molar refractivity (Wildman–Crippen MR) is 99.9 cm³/mol. The van der Waals surface area contributed by atoms with Gasteiger partial charge in [0.25, 0.3) is 0 Å². The summed E-state index contributed by atoms with van der Waals surface area (Å²) in [5.41, 5.74) is 6.07. The van der Waals surface area contributed by atoms with Gasteiger partial charge in [0.15, 0.2) is 0 Å². The van der Waals surface area contributed by atoms with Gasteiger partial charge in [0.2, 0.25) is 5.91 Å². The number of hydrogen-bond acceptors (Lipinski definition) is 4. The molecule has 1 aromatic rings. The van der Waals surface area contributed by atoms with Crippen molar-refractivity contribution in [2.75, 3.05) is 32.1 Å². The molecule has 4 N–H and O–H groups in total. The summed E-state index contributed by atoms with van der Waals surface area (Å²) in [6, 6.07) is 5.23. The van der Waals surface area contributed by atoms with Gasteiger partial charge < -0.3 is 26.0 Å². The second kappa shape index (κ2) is 10.9. The van der Waals surface area contributed by atoms with Gasteiger partial charge in [0, 0.05) is 38.5 Å². The van der Waals surface area contributed by atoms with Crippen LogP contribution in [0.15, 0.2) is 24.3 Å². The van der Waals surface area contributed by atoms with Gasteiger partial charge in [0.05, 0.1) is 12.5 Å². The van der Waals surface area contributed by atoms with Gasteiger partial charge in [-0.2, -0.15) is 0 Å². The maximum absolute atomic E-state index is 12.8. The number of anilines is 1. The zero-order valence-electron chi connectivity index (χ0n) is 14.7. The first-order valence-corrected chi connectivity index (χ1v) is 8.35. The van der Waals surface area contributed by atoms with Crippen LogP contribution >= 0.6 is 12.4 Å². The highest BCUT2D eigenvalue weighted by atomic mass is 35.5. The van der Waals surface area contributed by atoms with E-state index in [2.05, 4.69) is 10.6 Å². The Morgan fingerprint density at radius 1 is 1.31 bits per heavy atom. The van der Waals surface area contributed by atoms with Crippen LogP contribution in [-0.4, -0.2) is 55.7 Å². The van der Waals surface area contributed by atoms with E-state index in [0.29, 0.717) is 38.2 Å². The predicted octanol–water partition coefficient (Wildman–Crippen LogP) is 1.72. The van der Waals surface area contributed by atoms with Crippen molar-refractivity contribution in [2.45, 2.75) is 31.4 Å². The first-order chi connectivity index (χ1) is 12.0. The zero-order chi connectivity index (χ0) is 18.2. The fourth-order valence-corrected chi connectivity index (χ4v) is 2.75. The molecule has 0 aromatic heterocycles. The Labute approximate surface area is 158 Å². The number of nitrogens with zero attached hydrogens (tertiary/aromatic N) is 1. The maximum Gasteiger partial charge on any atom is 0.319 e. The van der Waals surface area contributed by atoms with Gasteiger partial charge in [-0.25, -0.2) is 9.18 Å². The Morgan fingerprint density at radius 2 is 1.92 bits per heavy atom. The average Bonchev–Trinajstić information content (AvgIpc) is 2.62. The van der Waals surface area contributed by atoms with Crippen molar-refractivity contribution in [2.24, 2.45) is 5.73 Å². The molecule has 1 aromatic carbocycles. The van der Waals surface area contributed by atoms with E-state index in [1.165, 1.54) is 24.3 Å². The van der Waals surface area contributed by atoms with Gasteiger partial charge in [0.1, 0.15) is 5.82 Å². The molecule has 1 aliphatic rings. The number of methoxy groups -OCH3 is 1. The van der Waals surface area contributed by atoms with Crippen molar-refractivity contribution in [3.8, 4) is 0 Å². The molecule has 1 fully saturated rings. The average molecular weight is 389 g/mol. The summed E-state index contributed by atoms with van der Waals surface area (Å²) in [6.07, 6.45) is 1.38. The number of benzene rings is 1. The molecule has 1 atom stereocenters. The maximum atomic E-state index is 12.8. The van der Waals surface area contributed by atoms with E-state index in [-0.39, 0.29) is 48.7 Å². The first kappa shape index (κ1) is 22.1. The fourth-order valence-electron chi connectivity index (χ4n) is 2.75. The molecule has 0 saturated carbocycles. The molecule has 9 heteroatoms. The molecule has 2 rings (SSSR count). The lowest BCUT2D eigenvalue weighted by atomic mass is 10.0. The van der Waals surface area contributed by atoms with Crippen molar-refractivity contribution in [3.63, 3.8) is 0 Å². The minimum atomic E-state index is -0.353. The van der Waals surface area contributed by atoms with E-state index in [1.54, 1.807) is 12.0 Å². The smallest absolute Gasteiger partial charge is 0.319 e. The number of carbonyl (C=O) groups excluding carboxylic acids is 2. The van der Waals surface area contributed by atoms with Crippen LogP contribution in [0.25, 0.3) is 0 Å². The van der Waals surface area contributed by atoms with Crippen LogP contribution in [0, 0.1) is 5.82 Å². The number of amides is 3. The van der Waals surface area contributed by atoms with Crippen molar-refractivity contribution >= 4 is 30.0 Å². The zero-order valence-corrected chi connectivity index (χ0v) is 15.6. The van der Waals surface area contributed by atoms with E-state index in [9.17, 15) is 14.0 Å². The third-order valence-corrected chi connectivity index (χ3v) is 4.28. The van der Waals surface area contributed by atoms with Gasteiger partial charge >= 0.3 is 6.03 Å². The van der Waals surface area contributed by atoms with Gasteiger partial charge in [-0.3, -0.25) is 4.79 Å². The van der Waals surface area contributed by atoms with Crippen LogP contribution < -0.4 is 16.4 Å². The van der Waals surface area contributed by atoms with E-state index in [4.69, 9.17) is 10.5 Å². The second-order valence-electron chi connectivity index (χ2n) is 6.06. The molecule has 0 spiro atoms. The summed E-state index contributed by atoms with van der Waals surface area (Å²) in [4.78, 5) is 25.9. The van der Waals surface area contributed by atoms with Gasteiger partial charge in [-0.1, -0.05) is 0 Å². The number of piperidine rings is 1. The summed E-state index contributed by atoms with van der Waals surface area (Å²) < 4.78 is 18.0. The van der Waals surface area contributed by atoms with Crippen LogP contribution in [0.5, 0.6) is 0 Å². The molecule has 0 aliphatic carbocycles. The van der Waals surface area contributed by atoms with Crippen molar-refractivity contribution < 1.29 is 18.7 Å². The van der Waals surface area contributed by atoms with E-state index < -0.39 is 0 Å². The number of urea groups is 1. The Balaban J connectivity index is 0.00000338. The van der Waals surface area contributed by atoms with Crippen LogP contribution in [0.4, 0.5) is 14.9 Å². The lowest BCUT2D eigenvalue weighted by molar-refractivity contribution is -0.134. The number of carbonyl (C=O) groups is 2. The normalized spacial score (nSPS) is 15.7. The topological polar surface area (TPSA) is 96.7 Å². The van der Waals surface area contributed by atoms with E-state index >= 15 is 0 Å². The number of nitrogens with one attached hydrogen (secondary N) is 2. The summed E-state index contributed by atoms with van der Waals surface area (Å²) >= 11 is 0. The molecule has 1 heterocycles. The Morgan fingerprint density at radius 3 is 2.46 bits per heavy atom. The molecule has 0 bridgehead atoms. The number of halogens is 2. The van der Waals surface area contributed by atoms with Crippen molar-refractivity contribution in [1.82, 2.24) is 10.2 Å². The number of nitrogens with two attached hydrogens (primary N) is 1. The first-order valence-electron chi connectivity index (χ1n) is 8.35. The summed E-state index contributed by atoms with van der Waals surface area (Å²) in [5, 5.41) is 5.54. The second-order valence-corrected chi connectivity index (χ2v) is 6.06. The SMILES string of the molecule is COC(CN)CC(=O)N1CCC(NC(=O)Nc2ccc(F)cc2)CC1.Cl. The molecule has 7 nitrogen and oxygen atoms in total. The third-order valence-electron chi connectivity index (χ3n) is 4.28. The summed E-state index contributed by atoms with van der Waals surface area (Å²) in [6.45, 7) is 1.48. The van der Waals surface area contributed by atoms with E-state index in [0.717, 1.165) is 0 Å². The van der Waals surface area contributed by atoms with Crippen LogP contribution in [0.3, 0.4) is 0 Å². The number of rotatable bonds is 6. The summed E-state index contributed by atoms with van der Waals surface area (Å²) in [5.74, 6) is -0.333. The molecule has 26 heavy (non-hydrogen) atoms. The Kier molecular flexibility index (Phi) is 9.32. The molecule has 1 unspecified atom stereocenters. The van der Waals surface area contributed by atoms with Gasteiger partial charge in [-0.05, 0) is 37.1 Å². The monoisotopic (exact) mass is 388 g/mol. The molecular weight excluding hydrogens is 363 g/mol. The lowest BCUT2D eigenvalue weighted by Crippen LogP contribution is -2.48. The Bertz CT molecular complexity index is 576. The van der Waals surface area contributed by atoms with Crippen molar-refractivity contribution in [1.29, 1.82) is 0 Å². The molecule has 1 aliphatic heterocycles. The van der Waals surface area contributed by atoms with Crippen LogP contribution in [0.1, 0.15) is 19.3 Å². The molecule has 0 radical (unpaired) electrons. The molecule has 146 valence electrons. The van der Waals surface area contributed by atoms with Crippen LogP contribution in [-0.2, 0) is 9.53 Å². The quantitative estimate of drug-likeness (QED) is 0.691. The number of likely N-dealkylation sites (tertiary alicyclic amines) is 1. The largest absolute Gasteiger partial charge is 0.380 e. The third kappa shape index (κ3) is 6.78. The van der Waals surface area contributed by atoms with Crippen molar-refractivity contribution in [3.05, 3.63) is 30.1 Å². The molecule has 1 saturated heterocycles. The fraction of sp³-hybridized carbons (Fsp3) is 0.529. The van der Waals surface area contributed by atoms with Crippen LogP contribution in [0.2, 0.25) is 0 Å². The molecular formula is C17H26ClFN4O3. The number of ether oxygens (including phenoxy) is 1. The highest BCUT2D eigenvalue weighted by molar-refractivity contribution is 5.89. The standard InChI is InChI=1S/C17H25FN4O3.ClH/c1-25-15(11-19)10-16(23)22-8-6-14(7-9-22)21-17(24)20-13-4-2-12(18)3-5-13;/h2-5,14-15H,6-11,19H2,1H3,(H2,20,21,24);1H. The highest BCUT2D eigenvalue weighted by Crippen LogP contribution is 2.13. The van der Waals surface area contributed by atoms with Gasteiger partial charge in [-0.15, -0.1) is 12.4 Å². The highest BCUT2D eigenvalue weighted by Gasteiger charge is 2.25. The lowest BCUT2D eigenvalue weighted by Gasteiger charge is -2.33. The minimum absolute atomic E-state index is 0.